The number of nitrogens with zero attached hydrogens (tertiary/aromatic N) is 1. The number of nitro benzene ring substituents is 1. The van der Waals surface area contributed by atoms with Gasteiger partial charge in [0.1, 0.15) is 5.69 Å². The highest BCUT2D eigenvalue weighted by molar-refractivity contribution is 7.92. The summed E-state index contributed by atoms with van der Waals surface area (Å²) in [6.45, 7) is 1.87. The molecule has 0 saturated heterocycles. The quantitative estimate of drug-likeness (QED) is 0.679. The maximum absolute atomic E-state index is 12.2. The second-order valence-electron chi connectivity index (χ2n) is 4.38. The molecule has 0 spiro atoms. The molecule has 21 heavy (non-hydrogen) atoms. The van der Waals surface area contributed by atoms with E-state index in [1.807, 2.05) is 6.92 Å². The minimum Gasteiger partial charge on any atom is -0.273 e. The van der Waals surface area contributed by atoms with Crippen LogP contribution in [0.5, 0.6) is 0 Å². The fraction of sp³-hybridized carbons (Fsp3) is 0.143. The van der Waals surface area contributed by atoms with E-state index in [0.717, 1.165) is 5.56 Å². The monoisotopic (exact) mass is 306 g/mol. The van der Waals surface area contributed by atoms with Crippen molar-refractivity contribution in [3.8, 4) is 0 Å². The van der Waals surface area contributed by atoms with Gasteiger partial charge in [0.2, 0.25) is 0 Å². The molecule has 2 rings (SSSR count). The van der Waals surface area contributed by atoms with E-state index in [1.165, 1.54) is 24.3 Å². The zero-order valence-electron chi connectivity index (χ0n) is 11.3. The van der Waals surface area contributed by atoms with Gasteiger partial charge in [0.25, 0.3) is 15.7 Å². The number of sulfonamides is 1. The summed E-state index contributed by atoms with van der Waals surface area (Å²) in [7, 11) is -3.84. The highest BCUT2D eigenvalue weighted by Gasteiger charge is 2.20. The normalized spacial score (nSPS) is 11.1. The molecule has 0 bridgehead atoms. The van der Waals surface area contributed by atoms with E-state index < -0.39 is 14.9 Å². The van der Waals surface area contributed by atoms with Crippen LogP contribution in [0, 0.1) is 10.1 Å². The van der Waals surface area contributed by atoms with Crippen LogP contribution in [-0.2, 0) is 16.4 Å². The molecule has 6 nitrogen and oxygen atoms in total. The third-order valence-corrected chi connectivity index (χ3v) is 4.35. The molecule has 0 unspecified atom stereocenters. The van der Waals surface area contributed by atoms with Gasteiger partial charge in [0.05, 0.1) is 9.82 Å². The van der Waals surface area contributed by atoms with Crippen molar-refractivity contribution in [3.63, 3.8) is 0 Å². The van der Waals surface area contributed by atoms with Crippen LogP contribution in [0.25, 0.3) is 0 Å². The molecule has 1 N–H and O–H groups in total. The van der Waals surface area contributed by atoms with Crippen molar-refractivity contribution >= 4 is 21.4 Å². The maximum Gasteiger partial charge on any atom is 0.293 e. The summed E-state index contributed by atoms with van der Waals surface area (Å²) in [5.41, 5.74) is 0.472. The van der Waals surface area contributed by atoms with Gasteiger partial charge < -0.3 is 0 Å². The van der Waals surface area contributed by atoms with Crippen molar-refractivity contribution in [3.05, 3.63) is 64.2 Å². The second-order valence-corrected chi connectivity index (χ2v) is 6.06. The molecule has 0 aliphatic heterocycles. The number of nitrogens with one attached hydrogen (secondary N) is 1. The Labute approximate surface area is 122 Å². The van der Waals surface area contributed by atoms with E-state index in [1.54, 1.807) is 24.3 Å². The lowest BCUT2D eigenvalue weighted by Gasteiger charge is -2.09. The molecule has 0 radical (unpaired) electrons. The number of benzene rings is 2. The molecule has 0 heterocycles. The van der Waals surface area contributed by atoms with Crippen LogP contribution in [0.2, 0.25) is 0 Å². The fourth-order valence-electron chi connectivity index (χ4n) is 1.84. The van der Waals surface area contributed by atoms with Crippen LogP contribution in [0.3, 0.4) is 0 Å². The van der Waals surface area contributed by atoms with Gasteiger partial charge in [0.15, 0.2) is 0 Å². The van der Waals surface area contributed by atoms with Gasteiger partial charge in [-0.2, -0.15) is 0 Å². The second kappa shape index (κ2) is 5.92. The lowest BCUT2D eigenvalue weighted by molar-refractivity contribution is -0.383. The summed E-state index contributed by atoms with van der Waals surface area (Å²) < 4.78 is 26.7. The molecule has 0 saturated carbocycles. The third kappa shape index (κ3) is 3.38. The van der Waals surface area contributed by atoms with E-state index in [-0.39, 0.29) is 16.3 Å². The first-order valence-electron chi connectivity index (χ1n) is 6.29. The predicted octanol–water partition coefficient (Wildman–Crippen LogP) is 2.96. The SMILES string of the molecule is CCc1ccc(NS(=O)(=O)c2ccccc2)c([N+](=O)[O-])c1. The van der Waals surface area contributed by atoms with Gasteiger partial charge >= 0.3 is 0 Å². The Balaban J connectivity index is 2.42. The van der Waals surface area contributed by atoms with Crippen molar-refractivity contribution in [1.82, 2.24) is 0 Å². The zero-order chi connectivity index (χ0) is 15.5. The first-order valence-corrected chi connectivity index (χ1v) is 7.77. The van der Waals surface area contributed by atoms with Crippen LogP contribution in [-0.4, -0.2) is 13.3 Å². The van der Waals surface area contributed by atoms with Crippen LogP contribution < -0.4 is 4.72 Å². The Kier molecular flexibility index (Phi) is 4.23. The number of aryl methyl sites for hydroxylation is 1. The summed E-state index contributed by atoms with van der Waals surface area (Å²) in [6.07, 6.45) is 0.632. The van der Waals surface area contributed by atoms with Crippen molar-refractivity contribution < 1.29 is 13.3 Å². The van der Waals surface area contributed by atoms with Crippen molar-refractivity contribution in [1.29, 1.82) is 0 Å². The number of hydrogen-bond donors (Lipinski definition) is 1. The van der Waals surface area contributed by atoms with Gasteiger partial charge in [-0.15, -0.1) is 0 Å². The number of nitro groups is 1. The smallest absolute Gasteiger partial charge is 0.273 e. The summed E-state index contributed by atoms with van der Waals surface area (Å²) in [5, 5.41) is 11.1. The summed E-state index contributed by atoms with van der Waals surface area (Å²) in [6, 6.07) is 12.2. The highest BCUT2D eigenvalue weighted by Crippen LogP contribution is 2.28. The first kappa shape index (κ1) is 15.0. The standard InChI is InChI=1S/C14H14N2O4S/c1-2-11-8-9-13(14(10-11)16(17)18)15-21(19,20)12-6-4-3-5-7-12/h3-10,15H,2H2,1H3. The largest absolute Gasteiger partial charge is 0.293 e. The van der Waals surface area contributed by atoms with Crippen LogP contribution in [0.4, 0.5) is 11.4 Å². The van der Waals surface area contributed by atoms with Crippen molar-refractivity contribution in [2.45, 2.75) is 18.2 Å². The summed E-state index contributed by atoms with van der Waals surface area (Å²) >= 11 is 0. The van der Waals surface area contributed by atoms with Gasteiger partial charge in [-0.3, -0.25) is 14.8 Å². The molecule has 2 aromatic carbocycles. The molecule has 0 aliphatic rings. The minimum absolute atomic E-state index is 0.0407. The maximum atomic E-state index is 12.2. The van der Waals surface area contributed by atoms with Crippen LogP contribution >= 0.6 is 0 Å². The average molecular weight is 306 g/mol. The molecule has 110 valence electrons. The topological polar surface area (TPSA) is 89.3 Å². The molecular formula is C14H14N2O4S. The summed E-state index contributed by atoms with van der Waals surface area (Å²) in [4.78, 5) is 10.5. The molecule has 0 fully saturated rings. The molecule has 0 aliphatic carbocycles. The molecular weight excluding hydrogens is 292 g/mol. The van der Waals surface area contributed by atoms with Crippen molar-refractivity contribution in [2.24, 2.45) is 0 Å². The summed E-state index contributed by atoms with van der Waals surface area (Å²) in [5.74, 6) is 0. The third-order valence-electron chi connectivity index (χ3n) is 2.96. The van der Waals surface area contributed by atoms with Crippen LogP contribution in [0.1, 0.15) is 12.5 Å². The van der Waals surface area contributed by atoms with E-state index in [4.69, 9.17) is 0 Å². The van der Waals surface area contributed by atoms with Gasteiger partial charge in [0, 0.05) is 6.07 Å². The fourth-order valence-corrected chi connectivity index (χ4v) is 2.93. The van der Waals surface area contributed by atoms with Gasteiger partial charge in [-0.1, -0.05) is 31.2 Å². The highest BCUT2D eigenvalue weighted by atomic mass is 32.2. The van der Waals surface area contributed by atoms with E-state index in [0.29, 0.717) is 6.42 Å². The molecule has 2 aromatic rings. The molecule has 0 amide bonds. The molecule has 7 heteroatoms. The van der Waals surface area contributed by atoms with E-state index in [9.17, 15) is 18.5 Å². The average Bonchev–Trinajstić information content (AvgIpc) is 2.48. The Morgan fingerprint density at radius 1 is 1.14 bits per heavy atom. The van der Waals surface area contributed by atoms with Gasteiger partial charge in [-0.25, -0.2) is 8.42 Å². The van der Waals surface area contributed by atoms with E-state index >= 15 is 0 Å². The van der Waals surface area contributed by atoms with Crippen LogP contribution in [0.15, 0.2) is 53.4 Å². The zero-order valence-corrected chi connectivity index (χ0v) is 12.1. The minimum atomic E-state index is -3.84. The predicted molar refractivity (Wildman–Crippen MR) is 79.7 cm³/mol. The number of rotatable bonds is 5. The Morgan fingerprint density at radius 2 is 1.81 bits per heavy atom. The molecule has 0 atom stereocenters. The lowest BCUT2D eigenvalue weighted by atomic mass is 10.1. The lowest BCUT2D eigenvalue weighted by Crippen LogP contribution is -2.14. The number of anilines is 1. The van der Waals surface area contributed by atoms with Gasteiger partial charge in [-0.05, 0) is 30.2 Å². The first-order chi connectivity index (χ1) is 9.94. The molecule has 0 aromatic heterocycles. The van der Waals surface area contributed by atoms with E-state index in [2.05, 4.69) is 4.72 Å². The van der Waals surface area contributed by atoms with Crippen molar-refractivity contribution in [2.75, 3.05) is 4.72 Å². The Morgan fingerprint density at radius 3 is 2.38 bits per heavy atom. The Hall–Kier alpha value is -2.41. The number of hydrogen-bond acceptors (Lipinski definition) is 4. The Bertz CT molecular complexity index is 758.